The highest BCUT2D eigenvalue weighted by atomic mass is 15.3. The summed E-state index contributed by atoms with van der Waals surface area (Å²) in [6.45, 7) is 10.3. The first-order valence-electron chi connectivity index (χ1n) is 7.39. The van der Waals surface area contributed by atoms with Gasteiger partial charge in [-0.3, -0.25) is 0 Å². The Bertz CT molecular complexity index is 572. The molecule has 0 bridgehead atoms. The average molecular weight is 272 g/mol. The predicted molar refractivity (Wildman–Crippen MR) is 82.2 cm³/mol. The van der Waals surface area contributed by atoms with Crippen LogP contribution in [0.3, 0.4) is 0 Å². The number of aryl methyl sites for hydroxylation is 1. The maximum Gasteiger partial charge on any atom is 0.153 e. The summed E-state index contributed by atoms with van der Waals surface area (Å²) in [5.41, 5.74) is 4.67. The van der Waals surface area contributed by atoms with Gasteiger partial charge < -0.3 is 5.32 Å². The van der Waals surface area contributed by atoms with Gasteiger partial charge >= 0.3 is 0 Å². The third-order valence-corrected chi connectivity index (χ3v) is 3.54. The van der Waals surface area contributed by atoms with E-state index in [2.05, 4.69) is 44.2 Å². The number of nitrogens with one attached hydrogen (secondary N) is 1. The Morgan fingerprint density at radius 2 is 2.00 bits per heavy atom. The van der Waals surface area contributed by atoms with Gasteiger partial charge in [-0.05, 0) is 50.9 Å². The van der Waals surface area contributed by atoms with Crippen molar-refractivity contribution in [3.8, 4) is 5.82 Å². The van der Waals surface area contributed by atoms with Crippen molar-refractivity contribution in [2.45, 2.75) is 47.1 Å². The molecule has 0 unspecified atom stereocenters. The maximum absolute atomic E-state index is 4.70. The second kappa shape index (κ2) is 6.66. The van der Waals surface area contributed by atoms with Gasteiger partial charge in [-0.2, -0.15) is 5.10 Å². The highest BCUT2D eigenvalue weighted by Gasteiger charge is 2.12. The summed E-state index contributed by atoms with van der Waals surface area (Å²) >= 11 is 0. The summed E-state index contributed by atoms with van der Waals surface area (Å²) in [4.78, 5) is 4.70. The molecule has 2 heterocycles. The lowest BCUT2D eigenvalue weighted by Gasteiger charge is -2.07. The summed E-state index contributed by atoms with van der Waals surface area (Å²) in [6.07, 6.45) is 2.15. The number of hydrogen-bond donors (Lipinski definition) is 1. The second-order valence-corrected chi connectivity index (χ2v) is 5.08. The summed E-state index contributed by atoms with van der Waals surface area (Å²) in [6, 6.07) is 6.12. The van der Waals surface area contributed by atoms with E-state index in [1.54, 1.807) is 0 Å². The topological polar surface area (TPSA) is 42.7 Å². The van der Waals surface area contributed by atoms with Crippen LogP contribution in [0.1, 0.15) is 42.9 Å². The lowest BCUT2D eigenvalue weighted by atomic mass is 10.1. The van der Waals surface area contributed by atoms with Crippen LogP contribution in [0.4, 0.5) is 0 Å². The first-order valence-corrected chi connectivity index (χ1v) is 7.39. The Labute approximate surface area is 121 Å². The molecule has 0 aromatic carbocycles. The molecule has 0 aliphatic heterocycles. The lowest BCUT2D eigenvalue weighted by molar-refractivity contribution is 0.660. The molecule has 1 N–H and O–H groups in total. The molecule has 0 radical (unpaired) electrons. The minimum absolute atomic E-state index is 0.807. The molecule has 0 atom stereocenters. The molecule has 2 rings (SSSR count). The van der Waals surface area contributed by atoms with Crippen molar-refractivity contribution in [2.24, 2.45) is 0 Å². The molecule has 0 aliphatic rings. The van der Waals surface area contributed by atoms with E-state index in [1.165, 1.54) is 11.3 Å². The van der Waals surface area contributed by atoms with E-state index in [-0.39, 0.29) is 0 Å². The maximum atomic E-state index is 4.70. The molecule has 2 aromatic rings. The van der Waals surface area contributed by atoms with Crippen LogP contribution < -0.4 is 5.32 Å². The molecule has 4 heteroatoms. The van der Waals surface area contributed by atoms with E-state index in [4.69, 9.17) is 4.98 Å². The number of hydrogen-bond acceptors (Lipinski definition) is 3. The van der Waals surface area contributed by atoms with E-state index in [0.29, 0.717) is 0 Å². The summed E-state index contributed by atoms with van der Waals surface area (Å²) in [7, 11) is 0. The predicted octanol–water partition coefficient (Wildman–Crippen LogP) is 2.95. The van der Waals surface area contributed by atoms with Crippen molar-refractivity contribution in [2.75, 3.05) is 6.54 Å². The van der Waals surface area contributed by atoms with Crippen LogP contribution in [0.5, 0.6) is 0 Å². The standard InChI is InChI=1S/C16H24N4/c1-5-10-17-11-14-8-7-9-16(18-14)20-13(4)15(6-2)12(3)19-20/h7-9,17H,5-6,10-11H2,1-4H3. The highest BCUT2D eigenvalue weighted by Crippen LogP contribution is 2.17. The SMILES string of the molecule is CCCNCc1cccc(-n2nc(C)c(CC)c2C)n1. The van der Waals surface area contributed by atoms with Gasteiger partial charge in [-0.1, -0.05) is 19.9 Å². The number of aromatic nitrogens is 3. The molecule has 0 fully saturated rings. The van der Waals surface area contributed by atoms with Crippen LogP contribution in [0.2, 0.25) is 0 Å². The largest absolute Gasteiger partial charge is 0.311 e. The van der Waals surface area contributed by atoms with Crippen LogP contribution in [0.25, 0.3) is 5.82 Å². The fraction of sp³-hybridized carbons (Fsp3) is 0.500. The number of pyridine rings is 1. The van der Waals surface area contributed by atoms with Crippen molar-refractivity contribution < 1.29 is 0 Å². The van der Waals surface area contributed by atoms with Crippen LogP contribution >= 0.6 is 0 Å². The van der Waals surface area contributed by atoms with Crippen molar-refractivity contribution >= 4 is 0 Å². The Morgan fingerprint density at radius 1 is 1.20 bits per heavy atom. The van der Waals surface area contributed by atoms with Crippen LogP contribution in [-0.4, -0.2) is 21.3 Å². The first-order chi connectivity index (χ1) is 9.67. The summed E-state index contributed by atoms with van der Waals surface area (Å²) < 4.78 is 1.96. The molecular weight excluding hydrogens is 248 g/mol. The molecule has 4 nitrogen and oxygen atoms in total. The van der Waals surface area contributed by atoms with E-state index < -0.39 is 0 Å². The van der Waals surface area contributed by atoms with E-state index >= 15 is 0 Å². The van der Waals surface area contributed by atoms with Gasteiger partial charge in [0.25, 0.3) is 0 Å². The van der Waals surface area contributed by atoms with Gasteiger partial charge in [0, 0.05) is 12.2 Å². The Hall–Kier alpha value is -1.68. The van der Waals surface area contributed by atoms with Gasteiger partial charge in [0.05, 0.1) is 11.4 Å². The molecule has 108 valence electrons. The van der Waals surface area contributed by atoms with Gasteiger partial charge in [0.1, 0.15) is 0 Å². The van der Waals surface area contributed by atoms with Crippen molar-refractivity contribution in [3.05, 3.63) is 40.8 Å². The monoisotopic (exact) mass is 272 g/mol. The third-order valence-electron chi connectivity index (χ3n) is 3.54. The quantitative estimate of drug-likeness (QED) is 0.822. The average Bonchev–Trinajstić information content (AvgIpc) is 2.74. The normalized spacial score (nSPS) is 11.0. The van der Waals surface area contributed by atoms with E-state index in [1.807, 2.05) is 16.8 Å². The lowest BCUT2D eigenvalue weighted by Crippen LogP contribution is -2.15. The van der Waals surface area contributed by atoms with Gasteiger partial charge in [0.2, 0.25) is 0 Å². The Morgan fingerprint density at radius 3 is 2.65 bits per heavy atom. The molecule has 0 saturated carbocycles. The van der Waals surface area contributed by atoms with Crippen LogP contribution in [0.15, 0.2) is 18.2 Å². The Balaban J connectivity index is 2.27. The minimum atomic E-state index is 0.807. The van der Waals surface area contributed by atoms with E-state index in [9.17, 15) is 0 Å². The van der Waals surface area contributed by atoms with Gasteiger partial charge in [-0.25, -0.2) is 9.67 Å². The molecule has 20 heavy (non-hydrogen) atoms. The summed E-state index contributed by atoms with van der Waals surface area (Å²) in [5, 5.41) is 8.00. The zero-order chi connectivity index (χ0) is 14.5. The van der Waals surface area contributed by atoms with Crippen molar-refractivity contribution in [1.82, 2.24) is 20.1 Å². The van der Waals surface area contributed by atoms with E-state index in [0.717, 1.165) is 43.1 Å². The number of rotatable bonds is 6. The molecule has 0 spiro atoms. The smallest absolute Gasteiger partial charge is 0.153 e. The highest BCUT2D eigenvalue weighted by molar-refractivity contribution is 5.33. The number of nitrogens with zero attached hydrogens (tertiary/aromatic N) is 3. The fourth-order valence-corrected chi connectivity index (χ4v) is 2.49. The fourth-order valence-electron chi connectivity index (χ4n) is 2.49. The molecule has 0 saturated heterocycles. The Kier molecular flexibility index (Phi) is 4.90. The summed E-state index contributed by atoms with van der Waals surface area (Å²) in [5.74, 6) is 0.904. The second-order valence-electron chi connectivity index (χ2n) is 5.08. The zero-order valence-corrected chi connectivity index (χ0v) is 12.9. The van der Waals surface area contributed by atoms with Crippen molar-refractivity contribution in [1.29, 1.82) is 0 Å². The molecule has 0 amide bonds. The first kappa shape index (κ1) is 14.7. The van der Waals surface area contributed by atoms with Gasteiger partial charge in [-0.15, -0.1) is 0 Å². The minimum Gasteiger partial charge on any atom is -0.311 e. The molecule has 2 aromatic heterocycles. The van der Waals surface area contributed by atoms with Crippen LogP contribution in [0, 0.1) is 13.8 Å². The molecular formula is C16H24N4. The van der Waals surface area contributed by atoms with Crippen LogP contribution in [-0.2, 0) is 13.0 Å². The van der Waals surface area contributed by atoms with Crippen molar-refractivity contribution in [3.63, 3.8) is 0 Å². The zero-order valence-electron chi connectivity index (χ0n) is 12.9. The van der Waals surface area contributed by atoms with Gasteiger partial charge in [0.15, 0.2) is 5.82 Å². The third kappa shape index (κ3) is 3.07. The molecule has 0 aliphatic carbocycles.